The van der Waals surface area contributed by atoms with Gasteiger partial charge in [-0.15, -0.1) is 0 Å². The van der Waals surface area contributed by atoms with E-state index in [9.17, 15) is 0 Å². The Morgan fingerprint density at radius 3 is 2.94 bits per heavy atom. The quantitative estimate of drug-likeness (QED) is 0.846. The van der Waals surface area contributed by atoms with Gasteiger partial charge in [-0.2, -0.15) is 16.7 Å². The molecule has 96 valence electrons. The number of thioether (sulfide) groups is 1. The predicted octanol–water partition coefficient (Wildman–Crippen LogP) is 2.40. The molecule has 1 aromatic rings. The van der Waals surface area contributed by atoms with Crippen LogP contribution in [0.2, 0.25) is 0 Å². The van der Waals surface area contributed by atoms with Crippen LogP contribution < -0.4 is 5.32 Å². The van der Waals surface area contributed by atoms with Crippen LogP contribution in [0.4, 0.5) is 0 Å². The van der Waals surface area contributed by atoms with E-state index in [1.165, 1.54) is 32.1 Å². The molecule has 2 rings (SSSR count). The van der Waals surface area contributed by atoms with Gasteiger partial charge in [-0.3, -0.25) is 0 Å². The molecule has 0 radical (unpaired) electrons. The van der Waals surface area contributed by atoms with E-state index >= 15 is 0 Å². The minimum absolute atomic E-state index is 0.749. The van der Waals surface area contributed by atoms with Crippen LogP contribution in [0.25, 0.3) is 0 Å². The second kappa shape index (κ2) is 7.01. The lowest BCUT2D eigenvalue weighted by atomic mass is 10.0. The maximum atomic E-state index is 5.19. The van der Waals surface area contributed by atoms with Crippen LogP contribution in [-0.4, -0.2) is 29.0 Å². The van der Waals surface area contributed by atoms with Gasteiger partial charge in [0.2, 0.25) is 5.89 Å². The highest BCUT2D eigenvalue weighted by Gasteiger charge is 2.15. The lowest BCUT2D eigenvalue weighted by molar-refractivity contribution is 0.373. The number of hydrogen-bond donors (Lipinski definition) is 1. The number of likely N-dealkylation sites (N-methyl/N-ethyl adjacent to an activating group) is 1. The van der Waals surface area contributed by atoms with Crippen molar-refractivity contribution in [2.24, 2.45) is 0 Å². The summed E-state index contributed by atoms with van der Waals surface area (Å²) in [5.74, 6) is 2.50. The Morgan fingerprint density at radius 2 is 2.18 bits per heavy atom. The van der Waals surface area contributed by atoms with Gasteiger partial charge < -0.3 is 9.84 Å². The van der Waals surface area contributed by atoms with Crippen molar-refractivity contribution in [3.05, 3.63) is 11.7 Å². The number of aromatic nitrogens is 2. The molecule has 0 saturated heterocycles. The minimum atomic E-state index is 0.749. The molecule has 0 unspecified atom stereocenters. The van der Waals surface area contributed by atoms with Crippen molar-refractivity contribution >= 4 is 11.8 Å². The van der Waals surface area contributed by atoms with Gasteiger partial charge in [0.05, 0.1) is 5.75 Å². The molecular formula is C12H21N3OS. The Morgan fingerprint density at radius 1 is 1.35 bits per heavy atom. The van der Waals surface area contributed by atoms with Crippen LogP contribution in [0, 0.1) is 0 Å². The van der Waals surface area contributed by atoms with Crippen LogP contribution in [-0.2, 0) is 12.2 Å². The molecule has 4 nitrogen and oxygen atoms in total. The summed E-state index contributed by atoms with van der Waals surface area (Å²) in [7, 11) is 1.93. The lowest BCUT2D eigenvalue weighted by Crippen LogP contribution is -2.10. The Bertz CT molecular complexity index is 323. The molecule has 0 spiro atoms. The van der Waals surface area contributed by atoms with Crippen LogP contribution in [0.3, 0.4) is 0 Å². The molecule has 1 fully saturated rings. The Labute approximate surface area is 107 Å². The zero-order chi connectivity index (χ0) is 11.9. The van der Waals surface area contributed by atoms with E-state index in [1.54, 1.807) is 0 Å². The zero-order valence-corrected chi connectivity index (χ0v) is 11.3. The smallest absolute Gasteiger partial charge is 0.227 e. The van der Waals surface area contributed by atoms with Gasteiger partial charge in [0.15, 0.2) is 5.82 Å². The molecule has 1 heterocycles. The first-order chi connectivity index (χ1) is 8.38. The van der Waals surface area contributed by atoms with Crippen LogP contribution in [0.15, 0.2) is 4.52 Å². The average molecular weight is 255 g/mol. The third kappa shape index (κ3) is 4.32. The Kier molecular flexibility index (Phi) is 5.32. The van der Waals surface area contributed by atoms with E-state index in [-0.39, 0.29) is 0 Å². The van der Waals surface area contributed by atoms with E-state index in [4.69, 9.17) is 4.52 Å². The maximum absolute atomic E-state index is 5.19. The van der Waals surface area contributed by atoms with Crippen molar-refractivity contribution in [1.82, 2.24) is 15.5 Å². The molecule has 1 aromatic heterocycles. The van der Waals surface area contributed by atoms with Crippen LogP contribution in [0.5, 0.6) is 0 Å². The summed E-state index contributed by atoms with van der Waals surface area (Å²) in [4.78, 5) is 4.39. The van der Waals surface area contributed by atoms with Gasteiger partial charge in [0.25, 0.3) is 0 Å². The highest BCUT2D eigenvalue weighted by molar-refractivity contribution is 7.99. The molecule has 0 atom stereocenters. The SMILES string of the molecule is CNCCc1nc(CSC2CCCCC2)no1. The van der Waals surface area contributed by atoms with Gasteiger partial charge in [-0.1, -0.05) is 24.4 Å². The van der Waals surface area contributed by atoms with Gasteiger partial charge in [-0.05, 0) is 19.9 Å². The predicted molar refractivity (Wildman–Crippen MR) is 70.1 cm³/mol. The van der Waals surface area contributed by atoms with Gasteiger partial charge >= 0.3 is 0 Å². The molecule has 1 N–H and O–H groups in total. The molecule has 0 aromatic carbocycles. The summed E-state index contributed by atoms with van der Waals surface area (Å²) in [6.07, 6.45) is 7.71. The van der Waals surface area contributed by atoms with Crippen molar-refractivity contribution < 1.29 is 4.52 Å². The first-order valence-corrected chi connectivity index (χ1v) is 7.51. The molecule has 1 aliphatic carbocycles. The number of hydrogen-bond acceptors (Lipinski definition) is 5. The summed E-state index contributed by atoms with van der Waals surface area (Å²) < 4.78 is 5.19. The Hall–Kier alpha value is -0.550. The largest absolute Gasteiger partial charge is 0.339 e. The topological polar surface area (TPSA) is 51.0 Å². The first kappa shape index (κ1) is 12.9. The molecule has 0 bridgehead atoms. The van der Waals surface area contributed by atoms with Crippen molar-refractivity contribution in [1.29, 1.82) is 0 Å². The van der Waals surface area contributed by atoms with Gasteiger partial charge in [0, 0.05) is 18.2 Å². The number of rotatable bonds is 6. The van der Waals surface area contributed by atoms with E-state index in [1.807, 2.05) is 18.8 Å². The highest BCUT2D eigenvalue weighted by atomic mass is 32.2. The van der Waals surface area contributed by atoms with Crippen molar-refractivity contribution in [3.8, 4) is 0 Å². The lowest BCUT2D eigenvalue weighted by Gasteiger charge is -2.19. The fraction of sp³-hybridized carbons (Fsp3) is 0.833. The van der Waals surface area contributed by atoms with E-state index in [0.717, 1.165) is 35.7 Å². The molecular weight excluding hydrogens is 234 g/mol. The maximum Gasteiger partial charge on any atom is 0.227 e. The van der Waals surface area contributed by atoms with Gasteiger partial charge in [-0.25, -0.2) is 0 Å². The molecule has 17 heavy (non-hydrogen) atoms. The monoisotopic (exact) mass is 255 g/mol. The minimum Gasteiger partial charge on any atom is -0.339 e. The normalized spacial score (nSPS) is 17.5. The highest BCUT2D eigenvalue weighted by Crippen LogP contribution is 2.29. The molecule has 1 aliphatic rings. The summed E-state index contributed by atoms with van der Waals surface area (Å²) in [6.45, 7) is 0.886. The van der Waals surface area contributed by atoms with E-state index in [2.05, 4.69) is 15.5 Å². The van der Waals surface area contributed by atoms with Crippen LogP contribution in [0.1, 0.15) is 43.8 Å². The summed E-state index contributed by atoms with van der Waals surface area (Å²) in [5, 5.41) is 7.90. The van der Waals surface area contributed by atoms with Crippen LogP contribution >= 0.6 is 11.8 Å². The first-order valence-electron chi connectivity index (χ1n) is 6.46. The summed E-state index contributed by atoms with van der Waals surface area (Å²) in [5.41, 5.74) is 0. The third-order valence-corrected chi connectivity index (χ3v) is 4.47. The fourth-order valence-electron chi connectivity index (χ4n) is 2.11. The second-order valence-electron chi connectivity index (χ2n) is 4.53. The van der Waals surface area contributed by atoms with Crippen molar-refractivity contribution in [3.63, 3.8) is 0 Å². The molecule has 5 heteroatoms. The van der Waals surface area contributed by atoms with E-state index in [0.29, 0.717) is 0 Å². The van der Waals surface area contributed by atoms with Crippen molar-refractivity contribution in [2.75, 3.05) is 13.6 Å². The summed E-state index contributed by atoms with van der Waals surface area (Å²) in [6, 6.07) is 0. The average Bonchev–Trinajstić information content (AvgIpc) is 2.83. The third-order valence-electron chi connectivity index (χ3n) is 3.10. The number of nitrogens with one attached hydrogen (secondary N) is 1. The molecule has 0 amide bonds. The Balaban J connectivity index is 1.72. The zero-order valence-electron chi connectivity index (χ0n) is 10.4. The number of nitrogens with zero attached hydrogens (tertiary/aromatic N) is 2. The summed E-state index contributed by atoms with van der Waals surface area (Å²) >= 11 is 1.99. The fourth-order valence-corrected chi connectivity index (χ4v) is 3.28. The van der Waals surface area contributed by atoms with Crippen molar-refractivity contribution in [2.45, 2.75) is 49.5 Å². The van der Waals surface area contributed by atoms with E-state index < -0.39 is 0 Å². The van der Waals surface area contributed by atoms with Gasteiger partial charge in [0.1, 0.15) is 0 Å². The standard InChI is InChI=1S/C12H21N3OS/c1-13-8-7-12-14-11(15-16-12)9-17-10-5-3-2-4-6-10/h10,13H,2-9H2,1H3. The molecule has 0 aliphatic heterocycles. The second-order valence-corrected chi connectivity index (χ2v) is 5.82. The molecule has 1 saturated carbocycles.